The number of rotatable bonds is 1. The second kappa shape index (κ2) is 2.65. The van der Waals surface area contributed by atoms with Gasteiger partial charge in [0.1, 0.15) is 6.10 Å². The highest BCUT2D eigenvalue weighted by Gasteiger charge is 1.97. The van der Waals surface area contributed by atoms with Gasteiger partial charge in [0.2, 0.25) is 0 Å². The molecule has 0 amide bonds. The zero-order chi connectivity index (χ0) is 6.69. The molecule has 1 nitrogen and oxygen atoms in total. The van der Waals surface area contributed by atoms with Gasteiger partial charge in [-0.1, -0.05) is 30.3 Å². The molecule has 47 valence electrons. The third kappa shape index (κ3) is 1.54. The lowest BCUT2D eigenvalue weighted by Crippen LogP contribution is -1.85. The maximum absolute atomic E-state index is 10.7. The van der Waals surface area contributed by atoms with Gasteiger partial charge in [-0.25, -0.2) is 5.11 Å². The van der Waals surface area contributed by atoms with Crippen molar-refractivity contribution in [1.29, 1.82) is 0 Å². The minimum absolute atomic E-state index is 0.591. The lowest BCUT2D eigenvalue weighted by molar-refractivity contribution is 0.106. The predicted molar refractivity (Wildman–Crippen MR) is 35.5 cm³/mol. The van der Waals surface area contributed by atoms with Crippen molar-refractivity contribution in [3.8, 4) is 0 Å². The van der Waals surface area contributed by atoms with Crippen LogP contribution in [0.5, 0.6) is 0 Å². The molecule has 0 aromatic heterocycles. The molecule has 0 saturated carbocycles. The summed E-state index contributed by atoms with van der Waals surface area (Å²) in [7, 11) is 0. The summed E-state index contributed by atoms with van der Waals surface area (Å²) in [6, 6.07) is 9.36. The highest BCUT2D eigenvalue weighted by Crippen LogP contribution is 2.09. The Kier molecular flexibility index (Phi) is 1.85. The van der Waals surface area contributed by atoms with E-state index in [1.165, 1.54) is 0 Å². The summed E-state index contributed by atoms with van der Waals surface area (Å²) < 4.78 is 0. The van der Waals surface area contributed by atoms with E-state index in [1.807, 2.05) is 30.3 Å². The van der Waals surface area contributed by atoms with Crippen molar-refractivity contribution in [3.63, 3.8) is 0 Å². The van der Waals surface area contributed by atoms with Crippen LogP contribution in [-0.4, -0.2) is 0 Å². The Balaban J connectivity index is 2.85. The number of hydrogen-bond acceptors (Lipinski definition) is 0. The summed E-state index contributed by atoms with van der Waals surface area (Å²) in [6.07, 6.45) is -0.591. The van der Waals surface area contributed by atoms with Gasteiger partial charge < -0.3 is 0 Å². The van der Waals surface area contributed by atoms with Crippen LogP contribution in [0.1, 0.15) is 18.6 Å². The monoisotopic (exact) mass is 121 g/mol. The molecule has 1 atom stereocenters. The summed E-state index contributed by atoms with van der Waals surface area (Å²) in [6.45, 7) is 1.65. The average molecular weight is 121 g/mol. The van der Waals surface area contributed by atoms with Crippen LogP contribution < -0.4 is 0 Å². The number of benzene rings is 1. The van der Waals surface area contributed by atoms with Gasteiger partial charge in [-0.05, 0) is 12.5 Å². The van der Waals surface area contributed by atoms with E-state index in [-0.39, 0.29) is 0 Å². The largest absolute Gasteiger partial charge is 0.228 e. The molecule has 1 radical (unpaired) electrons. The highest BCUT2D eigenvalue weighted by atomic mass is 16.3. The van der Waals surface area contributed by atoms with Crippen LogP contribution in [0.25, 0.3) is 0 Å². The van der Waals surface area contributed by atoms with E-state index in [2.05, 4.69) is 0 Å². The lowest BCUT2D eigenvalue weighted by Gasteiger charge is -1.98. The van der Waals surface area contributed by atoms with Gasteiger partial charge in [0.05, 0.1) is 0 Å². The quantitative estimate of drug-likeness (QED) is 0.542. The molecule has 0 N–H and O–H groups in total. The third-order valence-electron chi connectivity index (χ3n) is 1.27. The van der Waals surface area contributed by atoms with Crippen molar-refractivity contribution >= 4 is 0 Å². The van der Waals surface area contributed by atoms with Crippen LogP contribution >= 0.6 is 0 Å². The van der Waals surface area contributed by atoms with Gasteiger partial charge in [0, 0.05) is 0 Å². The topological polar surface area (TPSA) is 19.9 Å². The van der Waals surface area contributed by atoms with E-state index in [4.69, 9.17) is 0 Å². The Bertz CT molecular complexity index is 167. The van der Waals surface area contributed by atoms with Gasteiger partial charge in [0.25, 0.3) is 0 Å². The Labute approximate surface area is 55.0 Å². The van der Waals surface area contributed by atoms with E-state index in [0.29, 0.717) is 0 Å². The van der Waals surface area contributed by atoms with Crippen molar-refractivity contribution in [2.24, 2.45) is 0 Å². The highest BCUT2D eigenvalue weighted by molar-refractivity contribution is 5.16. The zero-order valence-electron chi connectivity index (χ0n) is 5.37. The van der Waals surface area contributed by atoms with Gasteiger partial charge in [0.15, 0.2) is 0 Å². The minimum Gasteiger partial charge on any atom is -0.228 e. The van der Waals surface area contributed by atoms with Gasteiger partial charge in [-0.2, -0.15) is 0 Å². The Morgan fingerprint density at radius 1 is 1.22 bits per heavy atom. The SMILES string of the molecule is CC([O])c1ccccc1. The molecule has 1 rings (SSSR count). The molecule has 0 spiro atoms. The lowest BCUT2D eigenvalue weighted by atomic mass is 10.1. The van der Waals surface area contributed by atoms with Crippen LogP contribution in [0.4, 0.5) is 0 Å². The Morgan fingerprint density at radius 2 is 1.78 bits per heavy atom. The van der Waals surface area contributed by atoms with E-state index >= 15 is 0 Å². The summed E-state index contributed by atoms with van der Waals surface area (Å²) in [4.78, 5) is 0. The fourth-order valence-electron chi connectivity index (χ4n) is 0.724. The zero-order valence-corrected chi connectivity index (χ0v) is 5.37. The van der Waals surface area contributed by atoms with Gasteiger partial charge in [-0.3, -0.25) is 0 Å². The predicted octanol–water partition coefficient (Wildman–Crippen LogP) is 2.18. The summed E-state index contributed by atoms with van der Waals surface area (Å²) in [5, 5.41) is 10.7. The van der Waals surface area contributed by atoms with E-state index in [1.54, 1.807) is 6.92 Å². The van der Waals surface area contributed by atoms with Crippen molar-refractivity contribution in [3.05, 3.63) is 35.9 Å². The van der Waals surface area contributed by atoms with Crippen molar-refractivity contribution < 1.29 is 5.11 Å². The van der Waals surface area contributed by atoms with Crippen LogP contribution in [0.3, 0.4) is 0 Å². The Hall–Kier alpha value is -0.820. The second-order valence-corrected chi connectivity index (χ2v) is 2.05. The molecule has 1 aromatic rings. The number of hydrogen-bond donors (Lipinski definition) is 0. The van der Waals surface area contributed by atoms with Crippen molar-refractivity contribution in [1.82, 2.24) is 0 Å². The molecule has 0 saturated heterocycles. The molecule has 0 bridgehead atoms. The first-order valence-electron chi connectivity index (χ1n) is 3.01. The van der Waals surface area contributed by atoms with Crippen molar-refractivity contribution in [2.75, 3.05) is 0 Å². The van der Waals surface area contributed by atoms with E-state index in [9.17, 15) is 5.11 Å². The standard InChI is InChI=1S/C8H9O/c1-7(9)8-5-3-2-4-6-8/h2-7H,1H3. The molecular formula is C8H9O. The average Bonchev–Trinajstić information content (AvgIpc) is 1.90. The smallest absolute Gasteiger partial charge is 0.115 e. The molecule has 1 aromatic carbocycles. The minimum atomic E-state index is -0.591. The summed E-state index contributed by atoms with van der Waals surface area (Å²) in [5.41, 5.74) is 0.859. The fraction of sp³-hybridized carbons (Fsp3) is 0.250. The van der Waals surface area contributed by atoms with E-state index < -0.39 is 6.10 Å². The fourth-order valence-corrected chi connectivity index (χ4v) is 0.724. The maximum atomic E-state index is 10.7. The second-order valence-electron chi connectivity index (χ2n) is 2.05. The molecule has 1 heteroatoms. The van der Waals surface area contributed by atoms with Crippen LogP contribution in [0, 0.1) is 0 Å². The first-order chi connectivity index (χ1) is 4.30. The van der Waals surface area contributed by atoms with Crippen LogP contribution in [0.15, 0.2) is 30.3 Å². The normalized spacial score (nSPS) is 13.1. The van der Waals surface area contributed by atoms with Gasteiger partial charge in [-0.15, -0.1) is 0 Å². The van der Waals surface area contributed by atoms with Crippen molar-refractivity contribution in [2.45, 2.75) is 13.0 Å². The first-order valence-corrected chi connectivity index (χ1v) is 3.01. The molecule has 9 heavy (non-hydrogen) atoms. The third-order valence-corrected chi connectivity index (χ3v) is 1.27. The van der Waals surface area contributed by atoms with Crippen LogP contribution in [-0.2, 0) is 5.11 Å². The summed E-state index contributed by atoms with van der Waals surface area (Å²) >= 11 is 0. The molecule has 0 heterocycles. The first kappa shape index (κ1) is 6.30. The maximum Gasteiger partial charge on any atom is 0.115 e. The molecule has 1 unspecified atom stereocenters. The molecular weight excluding hydrogens is 112 g/mol. The van der Waals surface area contributed by atoms with Crippen LogP contribution in [0.2, 0.25) is 0 Å². The molecule has 0 aliphatic carbocycles. The molecule has 0 aliphatic rings. The Morgan fingerprint density at radius 3 is 2.11 bits per heavy atom. The molecule has 0 aliphatic heterocycles. The summed E-state index contributed by atoms with van der Waals surface area (Å²) in [5.74, 6) is 0. The molecule has 0 fully saturated rings. The van der Waals surface area contributed by atoms with Gasteiger partial charge >= 0.3 is 0 Å². The van der Waals surface area contributed by atoms with E-state index in [0.717, 1.165) is 5.56 Å².